The van der Waals surface area contributed by atoms with E-state index in [1.165, 1.54) is 6.07 Å². The summed E-state index contributed by atoms with van der Waals surface area (Å²) in [6, 6.07) is 3.29. The van der Waals surface area contributed by atoms with Crippen molar-refractivity contribution in [1.82, 2.24) is 15.1 Å². The quantitative estimate of drug-likeness (QED) is 0.714. The van der Waals surface area contributed by atoms with Crippen LogP contribution in [0.25, 0.3) is 10.8 Å². The van der Waals surface area contributed by atoms with Crippen LogP contribution in [0.4, 0.5) is 14.7 Å². The SMILES string of the molecule is Cc1n[nH]c(=O)c2c(NC(=O)CN(C)Cc3ccc(F)cc3F)oc(C)c12. The summed E-state index contributed by atoms with van der Waals surface area (Å²) in [5, 5.41) is 9.58. The topological polar surface area (TPSA) is 91.2 Å². The molecule has 3 rings (SSSR count). The molecular formula is C18H18F2N4O3. The second-order valence-electron chi connectivity index (χ2n) is 6.33. The molecule has 2 aromatic heterocycles. The number of hydrogen-bond donors (Lipinski definition) is 2. The Morgan fingerprint density at radius 2 is 2.04 bits per heavy atom. The maximum absolute atomic E-state index is 13.7. The number of aromatic nitrogens is 2. The Labute approximate surface area is 153 Å². The molecule has 3 aromatic rings. The van der Waals surface area contributed by atoms with Gasteiger partial charge in [0.25, 0.3) is 5.56 Å². The van der Waals surface area contributed by atoms with Crippen molar-refractivity contribution in [2.75, 3.05) is 18.9 Å². The Kier molecular flexibility index (Phi) is 5.04. The summed E-state index contributed by atoms with van der Waals surface area (Å²) in [4.78, 5) is 25.9. The van der Waals surface area contributed by atoms with E-state index in [2.05, 4.69) is 15.5 Å². The van der Waals surface area contributed by atoms with Crippen LogP contribution in [0.1, 0.15) is 17.0 Å². The zero-order chi connectivity index (χ0) is 19.7. The third-order valence-electron chi connectivity index (χ3n) is 4.12. The van der Waals surface area contributed by atoms with Crippen molar-refractivity contribution in [3.8, 4) is 0 Å². The van der Waals surface area contributed by atoms with Crippen LogP contribution in [0.3, 0.4) is 0 Å². The third-order valence-corrected chi connectivity index (χ3v) is 4.12. The number of furan rings is 1. The zero-order valence-electron chi connectivity index (χ0n) is 15.0. The number of hydrogen-bond acceptors (Lipinski definition) is 5. The molecule has 1 amide bonds. The van der Waals surface area contributed by atoms with Gasteiger partial charge in [-0.3, -0.25) is 19.8 Å². The van der Waals surface area contributed by atoms with E-state index in [-0.39, 0.29) is 29.9 Å². The van der Waals surface area contributed by atoms with Crippen LogP contribution in [-0.4, -0.2) is 34.6 Å². The lowest BCUT2D eigenvalue weighted by Crippen LogP contribution is -2.30. The smallest absolute Gasteiger partial charge is 0.277 e. The van der Waals surface area contributed by atoms with Crippen molar-refractivity contribution in [1.29, 1.82) is 0 Å². The minimum atomic E-state index is -0.676. The zero-order valence-corrected chi connectivity index (χ0v) is 15.0. The van der Waals surface area contributed by atoms with E-state index in [1.54, 1.807) is 25.8 Å². The van der Waals surface area contributed by atoms with E-state index in [0.29, 0.717) is 16.8 Å². The Balaban J connectivity index is 1.74. The lowest BCUT2D eigenvalue weighted by molar-refractivity contribution is -0.117. The van der Waals surface area contributed by atoms with Gasteiger partial charge in [-0.15, -0.1) is 0 Å². The van der Waals surface area contributed by atoms with Crippen molar-refractivity contribution in [3.63, 3.8) is 0 Å². The normalized spacial score (nSPS) is 11.3. The summed E-state index contributed by atoms with van der Waals surface area (Å²) in [7, 11) is 1.62. The number of rotatable bonds is 5. The van der Waals surface area contributed by atoms with Crippen LogP contribution in [0, 0.1) is 25.5 Å². The van der Waals surface area contributed by atoms with Crippen molar-refractivity contribution < 1.29 is 18.0 Å². The number of carbonyl (C=O) groups excluding carboxylic acids is 1. The Hall–Kier alpha value is -3.07. The highest BCUT2D eigenvalue weighted by Crippen LogP contribution is 2.28. The summed E-state index contributed by atoms with van der Waals surface area (Å²) in [6.07, 6.45) is 0. The number of nitrogens with one attached hydrogen (secondary N) is 2. The van der Waals surface area contributed by atoms with E-state index < -0.39 is 23.1 Å². The molecule has 0 atom stereocenters. The van der Waals surface area contributed by atoms with Gasteiger partial charge in [0.05, 0.1) is 17.6 Å². The Morgan fingerprint density at radius 3 is 2.74 bits per heavy atom. The molecule has 2 N–H and O–H groups in total. The van der Waals surface area contributed by atoms with Gasteiger partial charge in [-0.25, -0.2) is 13.9 Å². The summed E-state index contributed by atoms with van der Waals surface area (Å²) in [5.74, 6) is -1.26. The summed E-state index contributed by atoms with van der Waals surface area (Å²) in [6.45, 7) is 3.42. The lowest BCUT2D eigenvalue weighted by atomic mass is 10.2. The maximum atomic E-state index is 13.7. The van der Waals surface area contributed by atoms with E-state index in [9.17, 15) is 18.4 Å². The van der Waals surface area contributed by atoms with Gasteiger partial charge in [0.15, 0.2) is 0 Å². The van der Waals surface area contributed by atoms with E-state index >= 15 is 0 Å². The standard InChI is InChI=1S/C18H18F2N4O3/c1-9-15-10(2)27-18(16(15)17(26)23-22-9)21-14(25)8-24(3)7-11-4-5-12(19)6-13(11)20/h4-6H,7-8H2,1-3H3,(H,21,25)(H,23,26). The molecule has 0 radical (unpaired) electrons. The van der Waals surface area contributed by atoms with E-state index in [4.69, 9.17) is 4.42 Å². The molecule has 0 spiro atoms. The molecule has 0 saturated carbocycles. The van der Waals surface area contributed by atoms with Crippen LogP contribution in [-0.2, 0) is 11.3 Å². The van der Waals surface area contributed by atoms with Gasteiger partial charge in [0.1, 0.15) is 22.8 Å². The third kappa shape index (κ3) is 3.87. The maximum Gasteiger partial charge on any atom is 0.277 e. The predicted molar refractivity (Wildman–Crippen MR) is 95.4 cm³/mol. The van der Waals surface area contributed by atoms with Gasteiger partial charge in [-0.1, -0.05) is 6.07 Å². The van der Waals surface area contributed by atoms with Gasteiger partial charge in [0.2, 0.25) is 11.8 Å². The number of aryl methyl sites for hydroxylation is 2. The number of fused-ring (bicyclic) bond motifs is 1. The largest absolute Gasteiger partial charge is 0.444 e. The number of carbonyl (C=O) groups is 1. The van der Waals surface area contributed by atoms with Crippen LogP contribution in [0.2, 0.25) is 0 Å². The molecular weight excluding hydrogens is 358 g/mol. The van der Waals surface area contributed by atoms with Crippen LogP contribution >= 0.6 is 0 Å². The van der Waals surface area contributed by atoms with Gasteiger partial charge >= 0.3 is 0 Å². The van der Waals surface area contributed by atoms with Crippen LogP contribution in [0.5, 0.6) is 0 Å². The monoisotopic (exact) mass is 376 g/mol. The number of halogens is 2. The lowest BCUT2D eigenvalue weighted by Gasteiger charge is -2.16. The second-order valence-corrected chi connectivity index (χ2v) is 6.33. The molecule has 9 heteroatoms. The highest BCUT2D eigenvalue weighted by atomic mass is 19.1. The number of benzene rings is 1. The molecule has 0 saturated heterocycles. The summed E-state index contributed by atoms with van der Waals surface area (Å²) < 4.78 is 32.2. The molecule has 0 aliphatic carbocycles. The summed E-state index contributed by atoms with van der Waals surface area (Å²) >= 11 is 0. The van der Waals surface area contributed by atoms with E-state index in [1.807, 2.05) is 0 Å². The molecule has 0 bridgehead atoms. The first-order valence-corrected chi connectivity index (χ1v) is 8.17. The van der Waals surface area contributed by atoms with Gasteiger partial charge in [-0.05, 0) is 27.0 Å². The van der Waals surface area contributed by atoms with Crippen LogP contribution in [0.15, 0.2) is 27.4 Å². The van der Waals surface area contributed by atoms with E-state index in [0.717, 1.165) is 12.1 Å². The number of amides is 1. The average molecular weight is 376 g/mol. The highest BCUT2D eigenvalue weighted by Gasteiger charge is 2.19. The molecule has 0 fully saturated rings. The molecule has 2 heterocycles. The molecule has 27 heavy (non-hydrogen) atoms. The first-order valence-electron chi connectivity index (χ1n) is 8.17. The highest BCUT2D eigenvalue weighted by molar-refractivity contribution is 6.01. The molecule has 0 aliphatic heterocycles. The predicted octanol–water partition coefficient (Wildman–Crippen LogP) is 2.48. The molecule has 7 nitrogen and oxygen atoms in total. The average Bonchev–Trinajstić information content (AvgIpc) is 2.91. The number of anilines is 1. The van der Waals surface area contributed by atoms with Gasteiger partial charge in [0, 0.05) is 18.2 Å². The fraction of sp³-hybridized carbons (Fsp3) is 0.278. The fourth-order valence-electron chi connectivity index (χ4n) is 2.94. The Bertz CT molecular complexity index is 1070. The summed E-state index contributed by atoms with van der Waals surface area (Å²) in [5.41, 5.74) is 0.379. The molecule has 0 aliphatic rings. The van der Waals surface area contributed by atoms with Crippen molar-refractivity contribution in [2.24, 2.45) is 0 Å². The van der Waals surface area contributed by atoms with Crippen molar-refractivity contribution >= 4 is 22.6 Å². The fourth-order valence-corrected chi connectivity index (χ4v) is 2.94. The first-order chi connectivity index (χ1) is 12.8. The minimum Gasteiger partial charge on any atom is -0.444 e. The second kappa shape index (κ2) is 7.28. The molecule has 0 unspecified atom stereocenters. The minimum absolute atomic E-state index is 0.0422. The van der Waals surface area contributed by atoms with Crippen molar-refractivity contribution in [2.45, 2.75) is 20.4 Å². The molecule has 1 aromatic carbocycles. The van der Waals surface area contributed by atoms with Crippen LogP contribution < -0.4 is 10.9 Å². The number of likely N-dealkylation sites (N-methyl/N-ethyl adjacent to an activating group) is 1. The van der Waals surface area contributed by atoms with Gasteiger partial charge in [-0.2, -0.15) is 5.10 Å². The first kappa shape index (κ1) is 18.7. The molecule has 142 valence electrons. The Morgan fingerprint density at radius 1 is 1.30 bits per heavy atom. The number of H-pyrrole nitrogens is 1. The van der Waals surface area contributed by atoms with Gasteiger partial charge < -0.3 is 4.42 Å². The number of nitrogens with zero attached hydrogens (tertiary/aromatic N) is 2. The van der Waals surface area contributed by atoms with Crippen molar-refractivity contribution in [3.05, 3.63) is 57.2 Å². The number of aromatic amines is 1.